The molecule has 3 heterocycles. The van der Waals surface area contributed by atoms with E-state index in [-0.39, 0.29) is 4.90 Å². The van der Waals surface area contributed by atoms with Crippen LogP contribution in [0.5, 0.6) is 0 Å². The van der Waals surface area contributed by atoms with Crippen molar-refractivity contribution >= 4 is 27.2 Å². The van der Waals surface area contributed by atoms with Crippen LogP contribution in [0.2, 0.25) is 0 Å². The molecule has 0 saturated heterocycles. The first-order chi connectivity index (χ1) is 12.9. The van der Waals surface area contributed by atoms with Gasteiger partial charge in [0.25, 0.3) is 10.0 Å². The summed E-state index contributed by atoms with van der Waals surface area (Å²) in [5.74, 6) is 0.969. The van der Waals surface area contributed by atoms with Crippen LogP contribution in [0.3, 0.4) is 0 Å². The highest BCUT2D eigenvalue weighted by Crippen LogP contribution is 2.27. The summed E-state index contributed by atoms with van der Waals surface area (Å²) in [5.41, 5.74) is 2.33. The second-order valence-corrected chi connectivity index (χ2v) is 8.51. The Balaban J connectivity index is 1.68. The van der Waals surface area contributed by atoms with E-state index in [0.29, 0.717) is 28.1 Å². The number of hydrogen-bond acceptors (Lipinski definition) is 6. The second-order valence-electron chi connectivity index (χ2n) is 5.99. The zero-order valence-electron chi connectivity index (χ0n) is 14.6. The van der Waals surface area contributed by atoms with Crippen LogP contribution < -0.4 is 4.72 Å². The van der Waals surface area contributed by atoms with Crippen molar-refractivity contribution in [2.24, 2.45) is 0 Å². The lowest BCUT2D eigenvalue weighted by atomic mass is 10.2. The Bertz CT molecular complexity index is 1170. The summed E-state index contributed by atoms with van der Waals surface area (Å²) in [5, 5.41) is 6.75. The number of anilines is 1. The fourth-order valence-electron chi connectivity index (χ4n) is 2.53. The maximum Gasteiger partial charge on any atom is 0.263 e. The van der Waals surface area contributed by atoms with Crippen molar-refractivity contribution < 1.29 is 12.8 Å². The maximum atomic E-state index is 12.7. The summed E-state index contributed by atoms with van der Waals surface area (Å²) in [6.07, 6.45) is 1.58. The van der Waals surface area contributed by atoms with Crippen LogP contribution in [-0.2, 0) is 10.0 Å². The molecule has 3 aromatic heterocycles. The third kappa shape index (κ3) is 3.51. The topological polar surface area (TPSA) is 90.0 Å². The molecule has 0 aliphatic carbocycles. The number of aryl methyl sites for hydroxylation is 2. The summed E-state index contributed by atoms with van der Waals surface area (Å²) < 4.78 is 34.9. The first kappa shape index (κ1) is 17.5. The third-order valence-electron chi connectivity index (χ3n) is 3.85. The van der Waals surface area contributed by atoms with Gasteiger partial charge in [0.2, 0.25) is 5.13 Å². The van der Waals surface area contributed by atoms with E-state index >= 15 is 0 Å². The number of thiazole rings is 1. The molecule has 9 heteroatoms. The van der Waals surface area contributed by atoms with Gasteiger partial charge in [-0.25, -0.2) is 13.4 Å². The average Bonchev–Trinajstić information content (AvgIpc) is 3.35. The van der Waals surface area contributed by atoms with Gasteiger partial charge < -0.3 is 4.42 Å². The Labute approximate surface area is 160 Å². The largest absolute Gasteiger partial charge is 0.463 e. The van der Waals surface area contributed by atoms with Gasteiger partial charge in [0.15, 0.2) is 5.76 Å². The molecule has 27 heavy (non-hydrogen) atoms. The highest BCUT2D eigenvalue weighted by Gasteiger charge is 2.19. The molecule has 0 unspecified atom stereocenters. The Hall–Kier alpha value is -2.91. The van der Waals surface area contributed by atoms with Crippen LogP contribution in [-0.4, -0.2) is 23.2 Å². The highest BCUT2D eigenvalue weighted by atomic mass is 32.2. The van der Waals surface area contributed by atoms with Crippen molar-refractivity contribution in [3.63, 3.8) is 0 Å². The van der Waals surface area contributed by atoms with E-state index in [9.17, 15) is 8.42 Å². The van der Waals surface area contributed by atoms with Crippen LogP contribution >= 0.6 is 11.3 Å². The molecule has 0 bridgehead atoms. The highest BCUT2D eigenvalue weighted by molar-refractivity contribution is 7.92. The van der Waals surface area contributed by atoms with Crippen LogP contribution in [0.1, 0.15) is 11.3 Å². The number of nitrogens with one attached hydrogen (secondary N) is 1. The Morgan fingerprint density at radius 3 is 2.63 bits per heavy atom. The standard InChI is InChI=1S/C18H16N4O3S2/c1-12-5-7-14(8-6-12)27(23,24)21-17-10-13(2)20-22(17)18-19-15(11-26-18)16-4-3-9-25-16/h3-11,21H,1-2H3. The molecule has 4 aromatic rings. The molecule has 1 N–H and O–H groups in total. The lowest BCUT2D eigenvalue weighted by Crippen LogP contribution is -2.15. The molecule has 0 saturated carbocycles. The van der Waals surface area contributed by atoms with Gasteiger partial charge in [0.1, 0.15) is 11.5 Å². The molecular formula is C18H16N4O3S2. The van der Waals surface area contributed by atoms with Crippen LogP contribution in [0.4, 0.5) is 5.82 Å². The van der Waals surface area contributed by atoms with Gasteiger partial charge in [-0.15, -0.1) is 11.3 Å². The number of nitrogens with zero attached hydrogens (tertiary/aromatic N) is 3. The number of benzene rings is 1. The Morgan fingerprint density at radius 1 is 1.15 bits per heavy atom. The minimum atomic E-state index is -3.74. The Morgan fingerprint density at radius 2 is 1.93 bits per heavy atom. The van der Waals surface area contributed by atoms with E-state index in [4.69, 9.17) is 4.42 Å². The van der Waals surface area contributed by atoms with Crippen molar-refractivity contribution in [1.29, 1.82) is 0 Å². The predicted molar refractivity (Wildman–Crippen MR) is 104 cm³/mol. The summed E-state index contributed by atoms with van der Waals surface area (Å²) in [6.45, 7) is 3.70. The molecule has 0 amide bonds. The van der Waals surface area contributed by atoms with Gasteiger partial charge >= 0.3 is 0 Å². The molecule has 4 rings (SSSR count). The fraction of sp³-hybridized carbons (Fsp3) is 0.111. The molecule has 0 aliphatic rings. The molecule has 0 aliphatic heterocycles. The Kier molecular flexibility index (Phi) is 4.33. The van der Waals surface area contributed by atoms with Gasteiger partial charge in [-0.3, -0.25) is 4.72 Å². The number of aromatic nitrogens is 3. The molecule has 7 nitrogen and oxygen atoms in total. The first-order valence-electron chi connectivity index (χ1n) is 8.08. The number of furan rings is 1. The number of sulfonamides is 1. The van der Waals surface area contributed by atoms with E-state index in [0.717, 1.165) is 5.56 Å². The van der Waals surface area contributed by atoms with Gasteiger partial charge in [0.05, 0.1) is 16.9 Å². The van der Waals surface area contributed by atoms with E-state index in [2.05, 4.69) is 14.8 Å². The van der Waals surface area contributed by atoms with Crippen LogP contribution in [0.15, 0.2) is 63.4 Å². The molecule has 0 atom stereocenters. The number of rotatable bonds is 5. The quantitative estimate of drug-likeness (QED) is 0.547. The average molecular weight is 400 g/mol. The lowest BCUT2D eigenvalue weighted by molar-refractivity contribution is 0.580. The molecule has 0 radical (unpaired) electrons. The van der Waals surface area contributed by atoms with Crippen LogP contribution in [0, 0.1) is 13.8 Å². The zero-order chi connectivity index (χ0) is 19.0. The third-order valence-corrected chi connectivity index (χ3v) is 6.04. The summed E-state index contributed by atoms with van der Waals surface area (Å²) in [6, 6.07) is 11.9. The summed E-state index contributed by atoms with van der Waals surface area (Å²) in [7, 11) is -3.74. The van der Waals surface area contributed by atoms with Crippen molar-refractivity contribution in [1.82, 2.24) is 14.8 Å². The van der Waals surface area contributed by atoms with Crippen molar-refractivity contribution in [2.75, 3.05) is 4.72 Å². The minimum absolute atomic E-state index is 0.189. The van der Waals surface area contributed by atoms with E-state index in [1.54, 1.807) is 49.6 Å². The predicted octanol–water partition coefficient (Wildman–Crippen LogP) is 4.01. The lowest BCUT2D eigenvalue weighted by Gasteiger charge is -2.09. The number of hydrogen-bond donors (Lipinski definition) is 1. The summed E-state index contributed by atoms with van der Waals surface area (Å²) in [4.78, 5) is 4.69. The van der Waals surface area contributed by atoms with Gasteiger partial charge in [-0.2, -0.15) is 9.78 Å². The van der Waals surface area contributed by atoms with Gasteiger partial charge in [-0.1, -0.05) is 17.7 Å². The second kappa shape index (κ2) is 6.67. The monoisotopic (exact) mass is 400 g/mol. The van der Waals surface area contributed by atoms with Crippen molar-refractivity contribution in [3.05, 3.63) is 65.4 Å². The van der Waals surface area contributed by atoms with E-state index in [1.807, 2.05) is 18.4 Å². The van der Waals surface area contributed by atoms with Crippen LogP contribution in [0.25, 0.3) is 16.6 Å². The molecule has 0 spiro atoms. The van der Waals surface area contributed by atoms with Gasteiger partial charge in [0, 0.05) is 11.4 Å². The normalized spacial score (nSPS) is 11.6. The zero-order valence-corrected chi connectivity index (χ0v) is 16.2. The minimum Gasteiger partial charge on any atom is -0.463 e. The molecular weight excluding hydrogens is 384 g/mol. The molecule has 138 valence electrons. The smallest absolute Gasteiger partial charge is 0.263 e. The molecule has 1 aromatic carbocycles. The SMILES string of the molecule is Cc1ccc(S(=O)(=O)Nc2cc(C)nn2-c2nc(-c3ccco3)cs2)cc1. The van der Waals surface area contributed by atoms with Gasteiger partial charge in [-0.05, 0) is 38.1 Å². The van der Waals surface area contributed by atoms with Crippen molar-refractivity contribution in [3.8, 4) is 16.6 Å². The maximum absolute atomic E-state index is 12.7. The molecule has 0 fully saturated rings. The fourth-order valence-corrected chi connectivity index (χ4v) is 4.34. The van der Waals surface area contributed by atoms with Crippen molar-refractivity contribution in [2.45, 2.75) is 18.7 Å². The first-order valence-corrected chi connectivity index (χ1v) is 10.4. The van der Waals surface area contributed by atoms with E-state index in [1.165, 1.54) is 16.0 Å². The van der Waals surface area contributed by atoms with E-state index < -0.39 is 10.0 Å². The summed E-state index contributed by atoms with van der Waals surface area (Å²) >= 11 is 1.35.